The summed E-state index contributed by atoms with van der Waals surface area (Å²) in [6, 6.07) is -0.0790. The van der Waals surface area contributed by atoms with Gasteiger partial charge in [-0.05, 0) is 37.8 Å². The number of aliphatic hydroxyl groups excluding tert-OH is 2. The van der Waals surface area contributed by atoms with Gasteiger partial charge < -0.3 is 41.7 Å². The predicted octanol–water partition coefficient (Wildman–Crippen LogP) is -1.77. The van der Waals surface area contributed by atoms with E-state index in [-0.39, 0.29) is 29.9 Å². The van der Waals surface area contributed by atoms with Gasteiger partial charge in [-0.1, -0.05) is 18.2 Å². The zero-order valence-electron chi connectivity index (χ0n) is 23.2. The van der Waals surface area contributed by atoms with E-state index in [9.17, 15) is 44.1 Å². The van der Waals surface area contributed by atoms with Crippen molar-refractivity contribution in [2.45, 2.75) is 62.7 Å². The first-order valence-corrected chi connectivity index (χ1v) is 14.6. The average Bonchev–Trinajstić information content (AvgIpc) is 3.33. The molecule has 1 aromatic carbocycles. The van der Waals surface area contributed by atoms with Gasteiger partial charge in [0.2, 0.25) is 17.7 Å². The van der Waals surface area contributed by atoms with Gasteiger partial charge in [0.25, 0.3) is 0 Å². The number of ketones is 1. The molecule has 230 valence electrons. The Morgan fingerprint density at radius 3 is 2.57 bits per heavy atom. The van der Waals surface area contributed by atoms with Gasteiger partial charge in [0.15, 0.2) is 5.78 Å². The van der Waals surface area contributed by atoms with Gasteiger partial charge in [0.05, 0.1) is 30.2 Å². The van der Waals surface area contributed by atoms with E-state index in [1.54, 1.807) is 25.1 Å². The SMILES string of the molecule is Cc1cccc2c1C(=O)OC[C@H](NC(=O)C1C(O)CCC1C(=O)C(N)CO)C(=O)N[C@H](C(=O)NC(C)C(=O)O)CSC2. The molecule has 1 aliphatic carbocycles. The molecule has 1 fully saturated rings. The Morgan fingerprint density at radius 1 is 1.19 bits per heavy atom. The Labute approximate surface area is 246 Å². The highest BCUT2D eigenvalue weighted by Crippen LogP contribution is 2.34. The molecular weight excluding hydrogens is 572 g/mol. The molecule has 0 spiro atoms. The first-order chi connectivity index (χ1) is 19.8. The highest BCUT2D eigenvalue weighted by Gasteiger charge is 2.46. The number of aryl methyl sites for hydroxylation is 1. The maximum absolute atomic E-state index is 13.4. The lowest BCUT2D eigenvalue weighted by Gasteiger charge is -2.27. The van der Waals surface area contributed by atoms with Crippen LogP contribution in [-0.4, -0.2) is 100 Å². The van der Waals surface area contributed by atoms with Gasteiger partial charge in [0, 0.05) is 17.4 Å². The molecule has 0 saturated heterocycles. The lowest BCUT2D eigenvalue weighted by Crippen LogP contribution is -2.58. The smallest absolute Gasteiger partial charge is 0.338 e. The normalized spacial score (nSPS) is 26.3. The number of aliphatic hydroxyl groups is 2. The molecule has 1 heterocycles. The number of carboxylic acid groups (broad SMARTS) is 1. The molecule has 1 aromatic rings. The predicted molar refractivity (Wildman–Crippen MR) is 149 cm³/mol. The summed E-state index contributed by atoms with van der Waals surface area (Å²) in [5.41, 5.74) is 7.16. The van der Waals surface area contributed by atoms with E-state index < -0.39 is 90.8 Å². The molecule has 15 heteroatoms. The number of cyclic esters (lactones) is 1. The monoisotopic (exact) mass is 608 g/mol. The molecule has 3 amide bonds. The molecule has 0 bridgehead atoms. The van der Waals surface area contributed by atoms with E-state index >= 15 is 0 Å². The summed E-state index contributed by atoms with van der Waals surface area (Å²) in [6.07, 6.45) is -0.992. The van der Waals surface area contributed by atoms with Gasteiger partial charge in [-0.25, -0.2) is 4.79 Å². The van der Waals surface area contributed by atoms with Gasteiger partial charge >= 0.3 is 11.9 Å². The number of amides is 3. The van der Waals surface area contributed by atoms with Crippen molar-refractivity contribution in [3.63, 3.8) is 0 Å². The average molecular weight is 609 g/mol. The van der Waals surface area contributed by atoms with Crippen molar-refractivity contribution in [2.75, 3.05) is 19.0 Å². The summed E-state index contributed by atoms with van der Waals surface area (Å²) in [4.78, 5) is 76.7. The summed E-state index contributed by atoms with van der Waals surface area (Å²) in [5, 5.41) is 36.2. The van der Waals surface area contributed by atoms with Crippen molar-refractivity contribution < 1.29 is 48.8 Å². The van der Waals surface area contributed by atoms with E-state index in [2.05, 4.69) is 16.0 Å². The third-order valence-corrected chi connectivity index (χ3v) is 8.42. The fraction of sp³-hybridized carbons (Fsp3) is 0.556. The fourth-order valence-electron chi connectivity index (χ4n) is 4.96. The Bertz CT molecular complexity index is 1230. The van der Waals surface area contributed by atoms with Crippen molar-refractivity contribution in [2.24, 2.45) is 17.6 Å². The number of carbonyl (C=O) groups is 6. The van der Waals surface area contributed by atoms with E-state index in [0.29, 0.717) is 11.1 Å². The van der Waals surface area contributed by atoms with Crippen LogP contribution in [0, 0.1) is 18.8 Å². The molecule has 1 aliphatic heterocycles. The Kier molecular flexibility index (Phi) is 11.4. The first-order valence-electron chi connectivity index (χ1n) is 13.4. The largest absolute Gasteiger partial charge is 0.480 e. The van der Waals surface area contributed by atoms with Crippen LogP contribution in [0.1, 0.15) is 41.3 Å². The van der Waals surface area contributed by atoms with Gasteiger partial charge in [0.1, 0.15) is 24.7 Å². The number of esters is 1. The molecule has 2 aliphatic rings. The van der Waals surface area contributed by atoms with Crippen molar-refractivity contribution in [3.05, 3.63) is 34.9 Å². The molecule has 14 nitrogen and oxygen atoms in total. The summed E-state index contributed by atoms with van der Waals surface area (Å²) in [6.45, 7) is 1.68. The quantitative estimate of drug-likeness (QED) is 0.163. The molecule has 0 aromatic heterocycles. The molecule has 8 N–H and O–H groups in total. The summed E-state index contributed by atoms with van der Waals surface area (Å²) < 4.78 is 5.43. The molecule has 3 rings (SSSR count). The number of ether oxygens (including phenoxy) is 1. The minimum absolute atomic E-state index is 0.00394. The number of Topliss-reactive ketones (excluding diaryl/α,β-unsaturated/α-hetero) is 1. The van der Waals surface area contributed by atoms with Gasteiger partial charge in [-0.15, -0.1) is 0 Å². The van der Waals surface area contributed by atoms with Crippen LogP contribution in [0.4, 0.5) is 0 Å². The number of hydrogen-bond donors (Lipinski definition) is 7. The van der Waals surface area contributed by atoms with Gasteiger partial charge in [-0.3, -0.25) is 24.0 Å². The highest BCUT2D eigenvalue weighted by molar-refractivity contribution is 7.98. The topological polar surface area (TPSA) is 234 Å². The second-order valence-electron chi connectivity index (χ2n) is 10.4. The maximum atomic E-state index is 13.4. The van der Waals surface area contributed by atoms with Crippen LogP contribution in [0.3, 0.4) is 0 Å². The van der Waals surface area contributed by atoms with E-state index in [1.165, 1.54) is 18.7 Å². The molecule has 0 radical (unpaired) electrons. The van der Waals surface area contributed by atoms with Gasteiger partial charge in [-0.2, -0.15) is 11.8 Å². The van der Waals surface area contributed by atoms with E-state index in [1.807, 2.05) is 0 Å². The van der Waals surface area contributed by atoms with Crippen LogP contribution in [0.15, 0.2) is 18.2 Å². The lowest BCUT2D eigenvalue weighted by molar-refractivity contribution is -0.142. The molecular formula is C27H36N4O10S. The van der Waals surface area contributed by atoms with Crippen molar-refractivity contribution in [1.29, 1.82) is 0 Å². The van der Waals surface area contributed by atoms with Crippen LogP contribution in [0.5, 0.6) is 0 Å². The van der Waals surface area contributed by atoms with E-state index in [4.69, 9.17) is 10.5 Å². The van der Waals surface area contributed by atoms with E-state index in [0.717, 1.165) is 0 Å². The standard InChI is InChI=1S/C27H36N4O10S/c1-12-4-3-5-14-10-42-11-18(24(36)29-13(2)26(38)39)31-23(35)17(9-41-27(40)20(12)14)30-25(37)21-15(6-7-19(21)33)22(34)16(28)8-32/h3-5,13,15-19,21,32-33H,6-11,28H2,1-2H3,(H,29,36)(H,30,37)(H,31,35)(H,38,39)/t13?,15?,16?,17-,18-,19?,21?/m0/s1. The lowest BCUT2D eigenvalue weighted by atomic mass is 9.87. The zero-order valence-corrected chi connectivity index (χ0v) is 24.0. The molecule has 5 unspecified atom stereocenters. The number of fused-ring (bicyclic) bond motifs is 1. The number of aliphatic carboxylic acids is 1. The second-order valence-corrected chi connectivity index (χ2v) is 11.4. The number of rotatable bonds is 8. The van der Waals surface area contributed by atoms with Crippen LogP contribution >= 0.6 is 11.8 Å². The van der Waals surface area contributed by atoms with Crippen LogP contribution in [0.2, 0.25) is 0 Å². The third kappa shape index (κ3) is 7.85. The summed E-state index contributed by atoms with van der Waals surface area (Å²) >= 11 is 1.22. The number of nitrogens with one attached hydrogen (secondary N) is 3. The van der Waals surface area contributed by atoms with Crippen LogP contribution < -0.4 is 21.7 Å². The number of carboxylic acids is 1. The number of carbonyl (C=O) groups excluding carboxylic acids is 5. The number of benzene rings is 1. The van der Waals surface area contributed by atoms with Crippen LogP contribution in [-0.2, 0) is 34.5 Å². The molecule has 42 heavy (non-hydrogen) atoms. The number of thioether (sulfide) groups is 1. The van der Waals surface area contributed by atoms with Crippen LogP contribution in [0.25, 0.3) is 0 Å². The van der Waals surface area contributed by atoms with Crippen molar-refractivity contribution >= 4 is 47.2 Å². The molecule has 1 saturated carbocycles. The minimum Gasteiger partial charge on any atom is -0.480 e. The van der Waals surface area contributed by atoms with Crippen molar-refractivity contribution in [3.8, 4) is 0 Å². The fourth-order valence-corrected chi connectivity index (χ4v) is 6.01. The first kappa shape index (κ1) is 33.0. The summed E-state index contributed by atoms with van der Waals surface area (Å²) in [7, 11) is 0. The Hall–Kier alpha value is -3.53. The maximum Gasteiger partial charge on any atom is 0.338 e. The Balaban J connectivity index is 1.91. The number of hydrogen-bond acceptors (Lipinski definition) is 11. The minimum atomic E-state index is -1.54. The summed E-state index contributed by atoms with van der Waals surface area (Å²) in [5.74, 6) is -7.20. The molecule has 7 atom stereocenters. The third-order valence-electron chi connectivity index (χ3n) is 7.33. The zero-order chi connectivity index (χ0) is 31.1. The highest BCUT2D eigenvalue weighted by atomic mass is 32.2. The second kappa shape index (κ2) is 14.6. The number of nitrogens with two attached hydrogens (primary N) is 1. The Morgan fingerprint density at radius 2 is 1.90 bits per heavy atom. The van der Waals surface area contributed by atoms with Crippen molar-refractivity contribution in [1.82, 2.24) is 16.0 Å².